The Labute approximate surface area is 112 Å². The molecule has 0 aromatic heterocycles. The van der Waals surface area contributed by atoms with Crippen molar-refractivity contribution in [1.29, 1.82) is 0 Å². The van der Waals surface area contributed by atoms with Gasteiger partial charge in [0.2, 0.25) is 0 Å². The maximum absolute atomic E-state index is 11.9. The summed E-state index contributed by atoms with van der Waals surface area (Å²) in [7, 11) is 0. The molecule has 1 fully saturated rings. The van der Waals surface area contributed by atoms with Crippen LogP contribution < -0.4 is 5.32 Å². The highest BCUT2D eigenvalue weighted by Crippen LogP contribution is 2.21. The van der Waals surface area contributed by atoms with Gasteiger partial charge in [-0.1, -0.05) is 15.9 Å². The molecule has 1 aliphatic heterocycles. The van der Waals surface area contributed by atoms with Crippen molar-refractivity contribution in [2.24, 2.45) is 0 Å². The van der Waals surface area contributed by atoms with Crippen LogP contribution in [-0.4, -0.2) is 30.1 Å². The summed E-state index contributed by atoms with van der Waals surface area (Å²) in [5.74, 6) is -0.324. The summed E-state index contributed by atoms with van der Waals surface area (Å²) in [6.07, 6.45) is 0.766. The van der Waals surface area contributed by atoms with Crippen molar-refractivity contribution in [3.05, 3.63) is 38.3 Å². The smallest absolute Gasteiger partial charge is 0.271 e. The molecular formula is C11H11BrN2O4. The Hall–Kier alpha value is -1.47. The van der Waals surface area contributed by atoms with Gasteiger partial charge in [-0.2, -0.15) is 0 Å². The number of non-ortho nitro benzene ring substituents is 1. The second-order valence-corrected chi connectivity index (χ2v) is 4.90. The van der Waals surface area contributed by atoms with Crippen LogP contribution >= 0.6 is 15.9 Å². The van der Waals surface area contributed by atoms with Crippen LogP contribution in [0.5, 0.6) is 0 Å². The number of benzene rings is 1. The average Bonchev–Trinajstić information content (AvgIpc) is 2.80. The van der Waals surface area contributed by atoms with Crippen molar-refractivity contribution in [2.45, 2.75) is 12.5 Å². The number of nitrogens with one attached hydrogen (secondary N) is 1. The quantitative estimate of drug-likeness (QED) is 0.682. The minimum Gasteiger partial charge on any atom is -0.379 e. The molecule has 1 saturated heterocycles. The van der Waals surface area contributed by atoms with Gasteiger partial charge in [0.25, 0.3) is 11.6 Å². The Morgan fingerprint density at radius 3 is 2.89 bits per heavy atom. The lowest BCUT2D eigenvalue weighted by molar-refractivity contribution is -0.385. The summed E-state index contributed by atoms with van der Waals surface area (Å²) in [5, 5.41) is 13.5. The molecule has 0 bridgehead atoms. The van der Waals surface area contributed by atoms with E-state index in [-0.39, 0.29) is 23.2 Å². The normalized spacial score (nSPS) is 18.6. The van der Waals surface area contributed by atoms with Crippen molar-refractivity contribution >= 4 is 27.5 Å². The van der Waals surface area contributed by atoms with Gasteiger partial charge in [0, 0.05) is 28.8 Å². The van der Waals surface area contributed by atoms with Crippen molar-refractivity contribution < 1.29 is 14.5 Å². The molecule has 1 N–H and O–H groups in total. The summed E-state index contributed by atoms with van der Waals surface area (Å²) in [6, 6.07) is 4.15. The van der Waals surface area contributed by atoms with E-state index in [2.05, 4.69) is 21.2 Å². The van der Waals surface area contributed by atoms with E-state index in [0.29, 0.717) is 17.7 Å². The Morgan fingerprint density at radius 2 is 2.28 bits per heavy atom. The zero-order chi connectivity index (χ0) is 13.1. The molecule has 0 saturated carbocycles. The van der Waals surface area contributed by atoms with E-state index in [1.807, 2.05) is 0 Å². The second kappa shape index (κ2) is 5.45. The average molecular weight is 315 g/mol. The van der Waals surface area contributed by atoms with Crippen LogP contribution in [-0.2, 0) is 4.74 Å². The first-order valence-corrected chi connectivity index (χ1v) is 6.19. The van der Waals surface area contributed by atoms with E-state index in [1.54, 1.807) is 6.07 Å². The Morgan fingerprint density at radius 1 is 1.50 bits per heavy atom. The maximum atomic E-state index is 11.9. The first-order chi connectivity index (χ1) is 8.56. The molecule has 2 rings (SSSR count). The van der Waals surface area contributed by atoms with Crippen LogP contribution in [0, 0.1) is 10.1 Å². The van der Waals surface area contributed by atoms with Gasteiger partial charge < -0.3 is 10.1 Å². The lowest BCUT2D eigenvalue weighted by atomic mass is 10.1. The molecule has 1 unspecified atom stereocenters. The number of hydrogen-bond donors (Lipinski definition) is 1. The molecule has 1 amide bonds. The number of rotatable bonds is 3. The first-order valence-electron chi connectivity index (χ1n) is 5.40. The fourth-order valence-corrected chi connectivity index (χ4v) is 2.21. The fraction of sp³-hybridized carbons (Fsp3) is 0.364. The SMILES string of the molecule is O=C(NC1CCOC1)c1cc(Br)cc([N+](=O)[O-])c1. The van der Waals surface area contributed by atoms with E-state index in [9.17, 15) is 14.9 Å². The number of nitrogens with zero attached hydrogens (tertiary/aromatic N) is 1. The third kappa shape index (κ3) is 3.05. The number of carbonyl (C=O) groups is 1. The van der Waals surface area contributed by atoms with Gasteiger partial charge >= 0.3 is 0 Å². The highest BCUT2D eigenvalue weighted by atomic mass is 79.9. The van der Waals surface area contributed by atoms with E-state index in [4.69, 9.17) is 4.74 Å². The largest absolute Gasteiger partial charge is 0.379 e. The van der Waals surface area contributed by atoms with Gasteiger partial charge in [0.05, 0.1) is 17.6 Å². The molecule has 1 atom stereocenters. The van der Waals surface area contributed by atoms with Crippen LogP contribution in [0.4, 0.5) is 5.69 Å². The van der Waals surface area contributed by atoms with E-state index < -0.39 is 4.92 Å². The predicted molar refractivity (Wildman–Crippen MR) is 67.5 cm³/mol. The van der Waals surface area contributed by atoms with Crippen molar-refractivity contribution in [3.63, 3.8) is 0 Å². The van der Waals surface area contributed by atoms with Gasteiger partial charge in [-0.3, -0.25) is 14.9 Å². The zero-order valence-electron chi connectivity index (χ0n) is 9.39. The monoisotopic (exact) mass is 314 g/mol. The van der Waals surface area contributed by atoms with Crippen molar-refractivity contribution in [1.82, 2.24) is 5.32 Å². The Balaban J connectivity index is 2.16. The number of hydrogen-bond acceptors (Lipinski definition) is 4. The van der Waals surface area contributed by atoms with E-state index in [1.165, 1.54) is 12.1 Å². The lowest BCUT2D eigenvalue weighted by Gasteiger charge is -2.10. The number of nitro groups is 1. The van der Waals surface area contributed by atoms with E-state index >= 15 is 0 Å². The minimum absolute atomic E-state index is 0.0180. The number of amides is 1. The summed E-state index contributed by atoms with van der Waals surface area (Å²) in [4.78, 5) is 22.1. The third-order valence-electron chi connectivity index (χ3n) is 2.62. The summed E-state index contributed by atoms with van der Waals surface area (Å²) < 4.78 is 5.65. The molecule has 1 aromatic rings. The van der Waals surface area contributed by atoms with Gasteiger partial charge in [-0.25, -0.2) is 0 Å². The predicted octanol–water partition coefficient (Wildman–Crippen LogP) is 1.88. The molecule has 0 aliphatic carbocycles. The minimum atomic E-state index is -0.528. The first kappa shape index (κ1) is 13.0. The van der Waals surface area contributed by atoms with Crippen LogP contribution in [0.3, 0.4) is 0 Å². The Kier molecular flexibility index (Phi) is 3.93. The molecule has 1 aromatic carbocycles. The number of carbonyl (C=O) groups excluding carboxylic acids is 1. The van der Waals surface area contributed by atoms with Crippen molar-refractivity contribution in [3.8, 4) is 0 Å². The number of ether oxygens (including phenoxy) is 1. The van der Waals surface area contributed by atoms with Gasteiger partial charge in [0.1, 0.15) is 0 Å². The highest BCUT2D eigenvalue weighted by molar-refractivity contribution is 9.10. The fourth-order valence-electron chi connectivity index (χ4n) is 1.73. The van der Waals surface area contributed by atoms with Crippen LogP contribution in [0.2, 0.25) is 0 Å². The van der Waals surface area contributed by atoms with Crippen LogP contribution in [0.15, 0.2) is 22.7 Å². The molecule has 1 aliphatic rings. The lowest BCUT2D eigenvalue weighted by Crippen LogP contribution is -2.35. The van der Waals surface area contributed by atoms with E-state index in [0.717, 1.165) is 6.42 Å². The van der Waals surface area contributed by atoms with Gasteiger partial charge in [0.15, 0.2) is 0 Å². The molecular weight excluding hydrogens is 304 g/mol. The maximum Gasteiger partial charge on any atom is 0.271 e. The van der Waals surface area contributed by atoms with Crippen molar-refractivity contribution in [2.75, 3.05) is 13.2 Å². The highest BCUT2D eigenvalue weighted by Gasteiger charge is 2.20. The van der Waals surface area contributed by atoms with Gasteiger partial charge in [-0.05, 0) is 12.5 Å². The third-order valence-corrected chi connectivity index (χ3v) is 3.08. The number of nitro benzene ring substituents is 1. The molecule has 1 heterocycles. The standard InChI is InChI=1S/C11H11BrN2O4/c12-8-3-7(4-10(5-8)14(16)17)11(15)13-9-1-2-18-6-9/h3-5,9H,1-2,6H2,(H,13,15). The zero-order valence-corrected chi connectivity index (χ0v) is 11.0. The van der Waals surface area contributed by atoms with Gasteiger partial charge in [-0.15, -0.1) is 0 Å². The molecule has 18 heavy (non-hydrogen) atoms. The molecule has 7 heteroatoms. The van der Waals surface area contributed by atoms with Crippen LogP contribution in [0.25, 0.3) is 0 Å². The molecule has 96 valence electrons. The molecule has 6 nitrogen and oxygen atoms in total. The summed E-state index contributed by atoms with van der Waals surface area (Å²) >= 11 is 3.15. The van der Waals surface area contributed by atoms with Crippen LogP contribution in [0.1, 0.15) is 16.8 Å². The summed E-state index contributed by atoms with van der Waals surface area (Å²) in [5.41, 5.74) is 0.153. The molecule has 0 radical (unpaired) electrons. The number of halogens is 1. The molecule has 0 spiro atoms. The topological polar surface area (TPSA) is 81.5 Å². The summed E-state index contributed by atoms with van der Waals surface area (Å²) in [6.45, 7) is 1.12. The Bertz CT molecular complexity index is 486. The second-order valence-electron chi connectivity index (χ2n) is 3.99.